The van der Waals surface area contributed by atoms with Crippen LogP contribution in [0.4, 0.5) is 0 Å². The Morgan fingerprint density at radius 2 is 1.67 bits per heavy atom. The molecule has 2 rings (SSSR count). The van der Waals surface area contributed by atoms with Crippen LogP contribution in [0.3, 0.4) is 0 Å². The molecule has 0 spiro atoms. The zero-order valence-electron chi connectivity index (χ0n) is 11.1. The van der Waals surface area contributed by atoms with Crippen molar-refractivity contribution in [1.82, 2.24) is 15.2 Å². The van der Waals surface area contributed by atoms with Crippen LogP contribution in [-0.2, 0) is 5.66 Å². The van der Waals surface area contributed by atoms with Crippen molar-refractivity contribution in [2.45, 2.75) is 5.66 Å². The maximum absolute atomic E-state index is 4.52. The van der Waals surface area contributed by atoms with E-state index >= 15 is 0 Å². The summed E-state index contributed by atoms with van der Waals surface area (Å²) >= 11 is 0. The van der Waals surface area contributed by atoms with Gasteiger partial charge in [0, 0.05) is 6.20 Å². The van der Waals surface area contributed by atoms with Crippen LogP contribution in [0.5, 0.6) is 0 Å². The van der Waals surface area contributed by atoms with Crippen LogP contribution in [0.2, 0.25) is 0 Å². The van der Waals surface area contributed by atoms with Gasteiger partial charge in [-0.2, -0.15) is 0 Å². The summed E-state index contributed by atoms with van der Waals surface area (Å²) in [7, 11) is 6.07. The summed E-state index contributed by atoms with van der Waals surface area (Å²) < 4.78 is 0. The molecule has 0 saturated heterocycles. The molecule has 18 heavy (non-hydrogen) atoms. The highest BCUT2D eigenvalue weighted by Crippen LogP contribution is 2.29. The molecule has 1 aromatic heterocycles. The topological polar surface area (TPSA) is 28.2 Å². The van der Waals surface area contributed by atoms with Gasteiger partial charge >= 0.3 is 0 Å². The van der Waals surface area contributed by atoms with Crippen molar-refractivity contribution in [3.05, 3.63) is 66.0 Å². The van der Waals surface area contributed by atoms with Crippen LogP contribution in [0.1, 0.15) is 11.3 Å². The highest BCUT2D eigenvalue weighted by Gasteiger charge is 2.36. The summed E-state index contributed by atoms with van der Waals surface area (Å²) in [4.78, 5) is 6.66. The summed E-state index contributed by atoms with van der Waals surface area (Å²) in [5.74, 6) is 0. The summed E-state index contributed by atoms with van der Waals surface area (Å²) in [5, 5.41) is 3.41. The van der Waals surface area contributed by atoms with Crippen LogP contribution >= 0.6 is 0 Å². The molecule has 0 amide bonds. The monoisotopic (exact) mass is 241 g/mol. The number of benzene rings is 1. The minimum absolute atomic E-state index is 0.400. The zero-order valence-corrected chi connectivity index (χ0v) is 11.1. The molecule has 1 heterocycles. The fourth-order valence-electron chi connectivity index (χ4n) is 2.39. The molecule has 0 radical (unpaired) electrons. The first-order valence-corrected chi connectivity index (χ1v) is 6.05. The minimum atomic E-state index is -0.400. The molecule has 1 unspecified atom stereocenters. The second-order valence-corrected chi connectivity index (χ2v) is 4.44. The van der Waals surface area contributed by atoms with E-state index in [9.17, 15) is 0 Å². The highest BCUT2D eigenvalue weighted by molar-refractivity contribution is 5.33. The predicted molar refractivity (Wildman–Crippen MR) is 74.2 cm³/mol. The SMILES string of the molecule is CNC(c1ccccc1)(c1ccccn1)N(C)C. The van der Waals surface area contributed by atoms with Gasteiger partial charge in [-0.3, -0.25) is 15.2 Å². The average Bonchev–Trinajstić information content (AvgIpc) is 2.42. The molecule has 0 aliphatic rings. The number of aromatic nitrogens is 1. The first-order chi connectivity index (χ1) is 8.71. The van der Waals surface area contributed by atoms with E-state index in [1.54, 1.807) is 0 Å². The Morgan fingerprint density at radius 3 is 2.17 bits per heavy atom. The molecule has 3 heteroatoms. The standard InChI is InChI=1S/C15H19N3/c1-16-15(18(2)3,13-9-5-4-6-10-13)14-11-7-8-12-17-14/h4-12,16H,1-3H3. The van der Waals surface area contributed by atoms with Crippen molar-refractivity contribution in [1.29, 1.82) is 0 Å². The number of hydrogen-bond acceptors (Lipinski definition) is 3. The van der Waals surface area contributed by atoms with Crippen molar-refractivity contribution in [3.63, 3.8) is 0 Å². The number of rotatable bonds is 4. The Labute approximate surface area is 108 Å². The van der Waals surface area contributed by atoms with E-state index in [0.717, 1.165) is 5.69 Å². The van der Waals surface area contributed by atoms with Crippen molar-refractivity contribution < 1.29 is 0 Å². The van der Waals surface area contributed by atoms with E-state index in [2.05, 4.69) is 41.4 Å². The van der Waals surface area contributed by atoms with Gasteiger partial charge in [0.1, 0.15) is 5.66 Å². The van der Waals surface area contributed by atoms with Gasteiger partial charge in [-0.25, -0.2) is 0 Å². The second-order valence-electron chi connectivity index (χ2n) is 4.44. The molecule has 2 aromatic rings. The van der Waals surface area contributed by atoms with E-state index < -0.39 is 5.66 Å². The van der Waals surface area contributed by atoms with Gasteiger partial charge < -0.3 is 0 Å². The number of pyridine rings is 1. The van der Waals surface area contributed by atoms with Gasteiger partial charge in [-0.15, -0.1) is 0 Å². The normalized spacial score (nSPS) is 14.4. The molecule has 1 atom stereocenters. The molecule has 1 aromatic carbocycles. The third-order valence-corrected chi connectivity index (χ3v) is 3.26. The Morgan fingerprint density at radius 1 is 1.00 bits per heavy atom. The third-order valence-electron chi connectivity index (χ3n) is 3.26. The fourth-order valence-corrected chi connectivity index (χ4v) is 2.39. The lowest BCUT2D eigenvalue weighted by atomic mass is 9.94. The molecule has 0 fully saturated rings. The highest BCUT2D eigenvalue weighted by atomic mass is 15.3. The van der Waals surface area contributed by atoms with E-state index in [4.69, 9.17) is 0 Å². The summed E-state index contributed by atoms with van der Waals surface area (Å²) in [5.41, 5.74) is 1.77. The van der Waals surface area contributed by atoms with Gasteiger partial charge in [0.2, 0.25) is 0 Å². The Hall–Kier alpha value is -1.71. The smallest absolute Gasteiger partial charge is 0.140 e. The number of nitrogens with zero attached hydrogens (tertiary/aromatic N) is 2. The lowest BCUT2D eigenvalue weighted by Gasteiger charge is -2.39. The molecule has 1 N–H and O–H groups in total. The van der Waals surface area contributed by atoms with Gasteiger partial charge in [-0.05, 0) is 38.8 Å². The molecule has 0 aliphatic heterocycles. The van der Waals surface area contributed by atoms with Crippen molar-refractivity contribution in [2.75, 3.05) is 21.1 Å². The largest absolute Gasteiger partial charge is 0.293 e. The molecular weight excluding hydrogens is 222 g/mol. The van der Waals surface area contributed by atoms with Crippen molar-refractivity contribution >= 4 is 0 Å². The van der Waals surface area contributed by atoms with E-state index in [1.165, 1.54) is 5.56 Å². The lowest BCUT2D eigenvalue weighted by molar-refractivity contribution is 0.159. The molecule has 3 nitrogen and oxygen atoms in total. The van der Waals surface area contributed by atoms with Crippen LogP contribution in [-0.4, -0.2) is 31.0 Å². The second kappa shape index (κ2) is 5.29. The van der Waals surface area contributed by atoms with Gasteiger partial charge in [0.25, 0.3) is 0 Å². The zero-order chi connectivity index (χ0) is 13.0. The number of nitrogens with one attached hydrogen (secondary N) is 1. The van der Waals surface area contributed by atoms with Gasteiger partial charge in [0.05, 0.1) is 5.69 Å². The Bertz CT molecular complexity index is 440. The fraction of sp³-hybridized carbons (Fsp3) is 0.267. The number of hydrogen-bond donors (Lipinski definition) is 1. The average molecular weight is 241 g/mol. The summed E-state index contributed by atoms with van der Waals surface area (Å²) in [6, 6.07) is 16.4. The van der Waals surface area contributed by atoms with Gasteiger partial charge in [-0.1, -0.05) is 36.4 Å². The van der Waals surface area contributed by atoms with Crippen molar-refractivity contribution in [3.8, 4) is 0 Å². The maximum Gasteiger partial charge on any atom is 0.140 e. The quantitative estimate of drug-likeness (QED) is 0.831. The van der Waals surface area contributed by atoms with E-state index in [-0.39, 0.29) is 0 Å². The molecule has 94 valence electrons. The Kier molecular flexibility index (Phi) is 3.75. The molecular formula is C15H19N3. The minimum Gasteiger partial charge on any atom is -0.293 e. The Balaban J connectivity index is 2.61. The maximum atomic E-state index is 4.52. The molecule has 0 bridgehead atoms. The molecule has 0 aliphatic carbocycles. The van der Waals surface area contributed by atoms with E-state index in [1.807, 2.05) is 49.6 Å². The van der Waals surface area contributed by atoms with Crippen LogP contribution < -0.4 is 5.32 Å². The van der Waals surface area contributed by atoms with E-state index in [0.29, 0.717) is 0 Å². The lowest BCUT2D eigenvalue weighted by Crippen LogP contribution is -2.53. The van der Waals surface area contributed by atoms with Gasteiger partial charge in [0.15, 0.2) is 0 Å². The first-order valence-electron chi connectivity index (χ1n) is 6.05. The predicted octanol–water partition coefficient (Wildman–Crippen LogP) is 2.06. The van der Waals surface area contributed by atoms with Crippen LogP contribution in [0.25, 0.3) is 0 Å². The van der Waals surface area contributed by atoms with Crippen LogP contribution in [0, 0.1) is 0 Å². The third kappa shape index (κ3) is 2.03. The summed E-state index contributed by atoms with van der Waals surface area (Å²) in [6.45, 7) is 0. The van der Waals surface area contributed by atoms with Crippen LogP contribution in [0.15, 0.2) is 54.7 Å². The molecule has 0 saturated carbocycles. The van der Waals surface area contributed by atoms with Crippen molar-refractivity contribution in [2.24, 2.45) is 0 Å². The first kappa shape index (κ1) is 12.7. The summed E-state index contributed by atoms with van der Waals surface area (Å²) in [6.07, 6.45) is 1.83.